The summed E-state index contributed by atoms with van der Waals surface area (Å²) in [6.07, 6.45) is 4.18. The van der Waals surface area contributed by atoms with Gasteiger partial charge in [0.05, 0.1) is 6.04 Å². The lowest BCUT2D eigenvalue weighted by molar-refractivity contribution is 0.618. The van der Waals surface area contributed by atoms with Gasteiger partial charge in [-0.1, -0.05) is 0 Å². The molecular formula is C6H9N3. The third-order valence-corrected chi connectivity index (χ3v) is 1.64. The summed E-state index contributed by atoms with van der Waals surface area (Å²) in [6, 6.07) is 0.674. The predicted octanol–water partition coefficient (Wildman–Crippen LogP) is 0.921. The van der Waals surface area contributed by atoms with Crippen LogP contribution in [0, 0.1) is 6.92 Å². The molecule has 1 aliphatic rings. The Labute approximate surface area is 53.7 Å². The molecule has 1 aromatic rings. The van der Waals surface area contributed by atoms with E-state index in [-0.39, 0.29) is 0 Å². The van der Waals surface area contributed by atoms with E-state index < -0.39 is 0 Å². The molecule has 0 N–H and O–H groups in total. The van der Waals surface area contributed by atoms with E-state index in [2.05, 4.69) is 10.1 Å². The standard InChI is InChI=1S/C6H9N3/c1-5-7-4-8-9(5)6-2-3-6/h4,6H,2-3H2,1H3. The van der Waals surface area contributed by atoms with Crippen LogP contribution in [0.2, 0.25) is 0 Å². The van der Waals surface area contributed by atoms with E-state index in [0.29, 0.717) is 6.04 Å². The molecule has 0 atom stereocenters. The van der Waals surface area contributed by atoms with Crippen molar-refractivity contribution in [2.75, 3.05) is 0 Å². The molecule has 48 valence electrons. The van der Waals surface area contributed by atoms with Crippen LogP contribution in [-0.4, -0.2) is 14.8 Å². The number of aromatic nitrogens is 3. The molecule has 0 bridgehead atoms. The minimum atomic E-state index is 0.674. The second-order valence-electron chi connectivity index (χ2n) is 2.48. The number of aryl methyl sites for hydroxylation is 1. The van der Waals surface area contributed by atoms with Gasteiger partial charge in [-0.05, 0) is 19.8 Å². The molecule has 1 saturated carbocycles. The van der Waals surface area contributed by atoms with Gasteiger partial charge in [-0.3, -0.25) is 0 Å². The first kappa shape index (κ1) is 4.97. The molecule has 3 nitrogen and oxygen atoms in total. The smallest absolute Gasteiger partial charge is 0.138 e. The van der Waals surface area contributed by atoms with Crippen molar-refractivity contribution >= 4 is 0 Å². The van der Waals surface area contributed by atoms with Crippen LogP contribution in [0.4, 0.5) is 0 Å². The van der Waals surface area contributed by atoms with Crippen molar-refractivity contribution < 1.29 is 0 Å². The first-order valence-corrected chi connectivity index (χ1v) is 3.24. The fourth-order valence-corrected chi connectivity index (χ4v) is 0.985. The van der Waals surface area contributed by atoms with Crippen molar-refractivity contribution in [3.8, 4) is 0 Å². The van der Waals surface area contributed by atoms with Crippen molar-refractivity contribution in [3.05, 3.63) is 12.2 Å². The third-order valence-electron chi connectivity index (χ3n) is 1.64. The van der Waals surface area contributed by atoms with Gasteiger partial charge in [-0.15, -0.1) is 0 Å². The van der Waals surface area contributed by atoms with Crippen LogP contribution in [0.3, 0.4) is 0 Å². The minimum absolute atomic E-state index is 0.674. The highest BCUT2D eigenvalue weighted by Gasteiger charge is 2.25. The maximum atomic E-state index is 4.08. The summed E-state index contributed by atoms with van der Waals surface area (Å²) in [6.45, 7) is 1.99. The second kappa shape index (κ2) is 1.56. The number of hydrogen-bond donors (Lipinski definition) is 0. The molecule has 1 aromatic heterocycles. The molecule has 2 rings (SSSR count). The van der Waals surface area contributed by atoms with Gasteiger partial charge < -0.3 is 0 Å². The van der Waals surface area contributed by atoms with E-state index in [4.69, 9.17) is 0 Å². The van der Waals surface area contributed by atoms with Gasteiger partial charge in [-0.2, -0.15) is 5.10 Å². The second-order valence-corrected chi connectivity index (χ2v) is 2.48. The van der Waals surface area contributed by atoms with Gasteiger partial charge in [0.2, 0.25) is 0 Å². The lowest BCUT2D eigenvalue weighted by atomic mass is 10.6. The van der Waals surface area contributed by atoms with Gasteiger partial charge in [0.25, 0.3) is 0 Å². The Morgan fingerprint density at radius 2 is 2.44 bits per heavy atom. The predicted molar refractivity (Wildman–Crippen MR) is 33.0 cm³/mol. The molecule has 0 saturated heterocycles. The lowest BCUT2D eigenvalue weighted by Crippen LogP contribution is -1.97. The summed E-state index contributed by atoms with van der Waals surface area (Å²) in [5.74, 6) is 1.04. The van der Waals surface area contributed by atoms with Crippen molar-refractivity contribution in [2.24, 2.45) is 0 Å². The quantitative estimate of drug-likeness (QED) is 0.556. The molecule has 1 fully saturated rings. The van der Waals surface area contributed by atoms with Crippen LogP contribution in [0.1, 0.15) is 24.7 Å². The van der Waals surface area contributed by atoms with E-state index in [1.54, 1.807) is 6.33 Å². The summed E-state index contributed by atoms with van der Waals surface area (Å²) in [5.41, 5.74) is 0. The monoisotopic (exact) mass is 123 g/mol. The first-order valence-electron chi connectivity index (χ1n) is 3.24. The molecule has 0 amide bonds. The normalized spacial score (nSPS) is 18.3. The van der Waals surface area contributed by atoms with Crippen LogP contribution in [0.15, 0.2) is 6.33 Å². The van der Waals surface area contributed by atoms with Crippen LogP contribution < -0.4 is 0 Å². The lowest BCUT2D eigenvalue weighted by Gasteiger charge is -1.95. The summed E-state index contributed by atoms with van der Waals surface area (Å²) in [4.78, 5) is 4.03. The van der Waals surface area contributed by atoms with E-state index in [1.165, 1.54) is 12.8 Å². The fourth-order valence-electron chi connectivity index (χ4n) is 0.985. The zero-order valence-corrected chi connectivity index (χ0v) is 5.41. The third kappa shape index (κ3) is 0.724. The van der Waals surface area contributed by atoms with Gasteiger partial charge in [-0.25, -0.2) is 9.67 Å². The molecule has 0 spiro atoms. The highest BCUT2D eigenvalue weighted by atomic mass is 15.4. The Morgan fingerprint density at radius 1 is 1.67 bits per heavy atom. The van der Waals surface area contributed by atoms with Crippen molar-refractivity contribution in [1.29, 1.82) is 0 Å². The zero-order chi connectivity index (χ0) is 6.27. The average Bonchev–Trinajstić information content (AvgIpc) is 2.58. The number of hydrogen-bond acceptors (Lipinski definition) is 2. The SMILES string of the molecule is Cc1ncnn1C1CC1. The van der Waals surface area contributed by atoms with Gasteiger partial charge >= 0.3 is 0 Å². The summed E-state index contributed by atoms with van der Waals surface area (Å²) < 4.78 is 2.00. The maximum Gasteiger partial charge on any atom is 0.138 e. The fraction of sp³-hybridized carbons (Fsp3) is 0.667. The Kier molecular flexibility index (Phi) is 0.860. The van der Waals surface area contributed by atoms with Crippen LogP contribution in [0.5, 0.6) is 0 Å². The molecule has 3 heteroatoms. The zero-order valence-electron chi connectivity index (χ0n) is 5.41. The van der Waals surface area contributed by atoms with Crippen LogP contribution >= 0.6 is 0 Å². The topological polar surface area (TPSA) is 30.7 Å². The molecule has 0 aromatic carbocycles. The van der Waals surface area contributed by atoms with E-state index >= 15 is 0 Å². The summed E-state index contributed by atoms with van der Waals surface area (Å²) in [7, 11) is 0. The summed E-state index contributed by atoms with van der Waals surface area (Å²) >= 11 is 0. The van der Waals surface area contributed by atoms with Gasteiger partial charge in [0.15, 0.2) is 0 Å². The Morgan fingerprint density at radius 3 is 2.89 bits per heavy atom. The molecule has 0 aliphatic heterocycles. The molecule has 1 aliphatic carbocycles. The first-order chi connectivity index (χ1) is 4.38. The Balaban J connectivity index is 2.35. The van der Waals surface area contributed by atoms with Gasteiger partial charge in [0, 0.05) is 0 Å². The van der Waals surface area contributed by atoms with Gasteiger partial charge in [0.1, 0.15) is 12.2 Å². The minimum Gasteiger partial charge on any atom is -0.247 e. The van der Waals surface area contributed by atoms with Crippen molar-refractivity contribution in [1.82, 2.24) is 14.8 Å². The average molecular weight is 123 g/mol. The number of rotatable bonds is 1. The Hall–Kier alpha value is -0.860. The maximum absolute atomic E-state index is 4.08. The molecule has 0 unspecified atom stereocenters. The molecule has 1 heterocycles. The van der Waals surface area contributed by atoms with Crippen LogP contribution in [-0.2, 0) is 0 Å². The van der Waals surface area contributed by atoms with E-state index in [9.17, 15) is 0 Å². The Bertz CT molecular complexity index is 212. The van der Waals surface area contributed by atoms with Crippen molar-refractivity contribution in [2.45, 2.75) is 25.8 Å². The number of nitrogens with zero attached hydrogens (tertiary/aromatic N) is 3. The highest BCUT2D eigenvalue weighted by Crippen LogP contribution is 2.34. The summed E-state index contributed by atoms with van der Waals surface area (Å²) in [5, 5.41) is 4.08. The van der Waals surface area contributed by atoms with E-state index in [1.807, 2.05) is 11.6 Å². The largest absolute Gasteiger partial charge is 0.247 e. The van der Waals surface area contributed by atoms with E-state index in [0.717, 1.165) is 5.82 Å². The molecular weight excluding hydrogens is 114 g/mol. The molecule has 0 radical (unpaired) electrons. The highest BCUT2D eigenvalue weighted by molar-refractivity contribution is 4.88. The van der Waals surface area contributed by atoms with Crippen molar-refractivity contribution in [3.63, 3.8) is 0 Å². The molecule has 9 heavy (non-hydrogen) atoms. The van der Waals surface area contributed by atoms with Crippen LogP contribution in [0.25, 0.3) is 0 Å².